The van der Waals surface area contributed by atoms with Gasteiger partial charge in [-0.1, -0.05) is 0 Å². The number of carbonyl (C=O) groups excluding carboxylic acids is 1. The Kier molecular flexibility index (Phi) is 3.08. The monoisotopic (exact) mass is 216 g/mol. The molecule has 0 saturated carbocycles. The third-order valence-electron chi connectivity index (χ3n) is 1.91. The van der Waals surface area contributed by atoms with Crippen LogP contribution in [0.2, 0.25) is 0 Å². The number of anilines is 1. The summed E-state index contributed by atoms with van der Waals surface area (Å²) in [4.78, 5) is 11.5. The first-order valence-electron chi connectivity index (χ1n) is 4.03. The standard InChI is InChI=1S/C9H10F2N2O2/c1-13(9(12)14)7-3-6(11)8(15-2)4-5(7)10/h3-4H,1-2H3,(H2,12,14). The molecule has 0 bridgehead atoms. The molecule has 6 heteroatoms. The van der Waals surface area contributed by atoms with Crippen molar-refractivity contribution >= 4 is 11.7 Å². The zero-order valence-electron chi connectivity index (χ0n) is 8.25. The van der Waals surface area contributed by atoms with E-state index in [9.17, 15) is 13.6 Å². The van der Waals surface area contributed by atoms with Crippen molar-refractivity contribution in [1.82, 2.24) is 0 Å². The molecule has 0 aliphatic heterocycles. The summed E-state index contributed by atoms with van der Waals surface area (Å²) in [5.41, 5.74) is 4.69. The minimum absolute atomic E-state index is 0.228. The number of hydrogen-bond donors (Lipinski definition) is 1. The molecule has 0 aromatic heterocycles. The van der Waals surface area contributed by atoms with E-state index in [1.807, 2.05) is 0 Å². The van der Waals surface area contributed by atoms with E-state index in [2.05, 4.69) is 4.74 Å². The molecule has 2 amide bonds. The van der Waals surface area contributed by atoms with Gasteiger partial charge in [-0.2, -0.15) is 0 Å². The van der Waals surface area contributed by atoms with Crippen molar-refractivity contribution in [3.05, 3.63) is 23.8 Å². The van der Waals surface area contributed by atoms with Crippen LogP contribution in [0.15, 0.2) is 12.1 Å². The van der Waals surface area contributed by atoms with Gasteiger partial charge in [-0.15, -0.1) is 0 Å². The van der Waals surface area contributed by atoms with Crippen LogP contribution in [0, 0.1) is 11.6 Å². The van der Waals surface area contributed by atoms with Crippen molar-refractivity contribution in [3.8, 4) is 5.75 Å². The molecule has 0 fully saturated rings. The summed E-state index contributed by atoms with van der Waals surface area (Å²) in [5.74, 6) is -1.77. The largest absolute Gasteiger partial charge is 0.494 e. The van der Waals surface area contributed by atoms with Gasteiger partial charge in [0.25, 0.3) is 0 Å². The second-order valence-corrected chi connectivity index (χ2v) is 2.84. The quantitative estimate of drug-likeness (QED) is 0.814. The zero-order valence-corrected chi connectivity index (χ0v) is 8.25. The van der Waals surface area contributed by atoms with E-state index >= 15 is 0 Å². The topological polar surface area (TPSA) is 55.6 Å². The van der Waals surface area contributed by atoms with Crippen LogP contribution in [0.3, 0.4) is 0 Å². The lowest BCUT2D eigenvalue weighted by Crippen LogP contribution is -2.32. The Hall–Kier alpha value is -1.85. The molecule has 0 saturated heterocycles. The minimum atomic E-state index is -0.876. The van der Waals surface area contributed by atoms with Crippen LogP contribution in [0.1, 0.15) is 0 Å². The summed E-state index contributed by atoms with van der Waals surface area (Å²) in [6, 6.07) is 0.821. The van der Waals surface area contributed by atoms with Crippen LogP contribution in [0.5, 0.6) is 5.75 Å². The molecule has 15 heavy (non-hydrogen) atoms. The molecule has 0 spiro atoms. The molecule has 1 rings (SSSR count). The third kappa shape index (κ3) is 2.15. The molecule has 1 aromatic rings. The summed E-state index contributed by atoms with van der Waals surface area (Å²) in [7, 11) is 2.46. The van der Waals surface area contributed by atoms with E-state index in [1.165, 1.54) is 14.2 Å². The molecule has 0 unspecified atom stereocenters. The van der Waals surface area contributed by atoms with Gasteiger partial charge < -0.3 is 10.5 Å². The fourth-order valence-electron chi connectivity index (χ4n) is 1.05. The van der Waals surface area contributed by atoms with E-state index in [1.54, 1.807) is 0 Å². The number of rotatable bonds is 2. The number of urea groups is 1. The van der Waals surface area contributed by atoms with E-state index in [0.29, 0.717) is 0 Å². The van der Waals surface area contributed by atoms with Crippen LogP contribution < -0.4 is 15.4 Å². The van der Waals surface area contributed by atoms with Crippen molar-refractivity contribution in [3.63, 3.8) is 0 Å². The number of methoxy groups -OCH3 is 1. The van der Waals surface area contributed by atoms with E-state index < -0.39 is 17.7 Å². The van der Waals surface area contributed by atoms with Crippen molar-refractivity contribution in [2.24, 2.45) is 5.73 Å². The Bertz CT molecular complexity index is 396. The molecule has 0 radical (unpaired) electrons. The van der Waals surface area contributed by atoms with Gasteiger partial charge in [0.15, 0.2) is 17.4 Å². The van der Waals surface area contributed by atoms with Gasteiger partial charge in [0.05, 0.1) is 12.8 Å². The van der Waals surface area contributed by atoms with Gasteiger partial charge in [-0.3, -0.25) is 4.90 Å². The highest BCUT2D eigenvalue weighted by Gasteiger charge is 2.16. The van der Waals surface area contributed by atoms with Crippen LogP contribution in [-0.2, 0) is 0 Å². The molecule has 0 aliphatic carbocycles. The van der Waals surface area contributed by atoms with Gasteiger partial charge in [0.1, 0.15) is 0 Å². The number of ether oxygens (including phenoxy) is 1. The fraction of sp³-hybridized carbons (Fsp3) is 0.222. The molecule has 2 N–H and O–H groups in total. The highest BCUT2D eigenvalue weighted by molar-refractivity contribution is 5.90. The summed E-state index contributed by atoms with van der Waals surface area (Å²) < 4.78 is 31.1. The normalized spacial score (nSPS) is 9.87. The number of halogens is 2. The van der Waals surface area contributed by atoms with E-state index in [-0.39, 0.29) is 11.4 Å². The molecule has 4 nitrogen and oxygen atoms in total. The number of hydrogen-bond acceptors (Lipinski definition) is 2. The second kappa shape index (κ2) is 4.12. The molecule has 0 heterocycles. The maximum atomic E-state index is 13.3. The summed E-state index contributed by atoms with van der Waals surface area (Å²) in [6.07, 6.45) is 0. The van der Waals surface area contributed by atoms with E-state index in [4.69, 9.17) is 5.73 Å². The van der Waals surface area contributed by atoms with Gasteiger partial charge in [0, 0.05) is 19.2 Å². The summed E-state index contributed by atoms with van der Waals surface area (Å²) in [6.45, 7) is 0. The van der Waals surface area contributed by atoms with Crippen molar-refractivity contribution in [1.29, 1.82) is 0 Å². The lowest BCUT2D eigenvalue weighted by atomic mass is 10.2. The first kappa shape index (κ1) is 11.2. The van der Waals surface area contributed by atoms with Crippen LogP contribution >= 0.6 is 0 Å². The maximum absolute atomic E-state index is 13.3. The van der Waals surface area contributed by atoms with Gasteiger partial charge in [-0.05, 0) is 0 Å². The highest BCUT2D eigenvalue weighted by Crippen LogP contribution is 2.26. The lowest BCUT2D eigenvalue weighted by Gasteiger charge is -2.15. The molecular weight excluding hydrogens is 206 g/mol. The number of carbonyl (C=O) groups is 1. The van der Waals surface area contributed by atoms with Crippen LogP contribution in [0.4, 0.5) is 19.3 Å². The number of amides is 2. The predicted molar refractivity (Wildman–Crippen MR) is 50.9 cm³/mol. The molecule has 0 atom stereocenters. The average Bonchev–Trinajstić information content (AvgIpc) is 2.19. The van der Waals surface area contributed by atoms with E-state index in [0.717, 1.165) is 17.0 Å². The molecule has 82 valence electrons. The Labute approximate surface area is 85.2 Å². The lowest BCUT2D eigenvalue weighted by molar-refractivity contribution is 0.255. The Morgan fingerprint density at radius 3 is 2.47 bits per heavy atom. The molecular formula is C9H10F2N2O2. The number of primary amides is 1. The first-order chi connectivity index (χ1) is 6.97. The Balaban J connectivity index is 3.21. The maximum Gasteiger partial charge on any atom is 0.319 e. The fourth-order valence-corrected chi connectivity index (χ4v) is 1.05. The SMILES string of the molecule is COc1cc(F)c(N(C)C(N)=O)cc1F. The average molecular weight is 216 g/mol. The smallest absolute Gasteiger partial charge is 0.319 e. The van der Waals surface area contributed by atoms with Gasteiger partial charge in [-0.25, -0.2) is 13.6 Å². The molecule has 0 aliphatic rings. The zero-order chi connectivity index (χ0) is 11.6. The summed E-state index contributed by atoms with van der Waals surface area (Å²) >= 11 is 0. The summed E-state index contributed by atoms with van der Waals surface area (Å²) in [5, 5.41) is 0. The number of nitrogens with two attached hydrogens (primary N) is 1. The van der Waals surface area contributed by atoms with Crippen molar-refractivity contribution in [2.75, 3.05) is 19.1 Å². The predicted octanol–water partition coefficient (Wildman–Crippen LogP) is 1.49. The first-order valence-corrected chi connectivity index (χ1v) is 4.03. The number of benzene rings is 1. The van der Waals surface area contributed by atoms with Crippen molar-refractivity contribution in [2.45, 2.75) is 0 Å². The number of nitrogens with zero attached hydrogens (tertiary/aromatic N) is 1. The van der Waals surface area contributed by atoms with Crippen molar-refractivity contribution < 1.29 is 18.3 Å². The van der Waals surface area contributed by atoms with Gasteiger partial charge >= 0.3 is 6.03 Å². The third-order valence-corrected chi connectivity index (χ3v) is 1.91. The Morgan fingerprint density at radius 2 is 2.00 bits per heavy atom. The van der Waals surface area contributed by atoms with Crippen LogP contribution in [-0.4, -0.2) is 20.2 Å². The molecule has 1 aromatic carbocycles. The second-order valence-electron chi connectivity index (χ2n) is 2.84. The Morgan fingerprint density at radius 1 is 1.40 bits per heavy atom. The van der Waals surface area contributed by atoms with Gasteiger partial charge in [0.2, 0.25) is 0 Å². The van der Waals surface area contributed by atoms with Crippen LogP contribution in [0.25, 0.3) is 0 Å². The highest BCUT2D eigenvalue weighted by atomic mass is 19.1. The minimum Gasteiger partial charge on any atom is -0.494 e.